The molecule has 1 saturated heterocycles. The van der Waals surface area contributed by atoms with Crippen LogP contribution in [-0.4, -0.2) is 48.9 Å². The Morgan fingerprint density at radius 3 is 2.72 bits per heavy atom. The van der Waals surface area contributed by atoms with Crippen molar-refractivity contribution in [1.29, 1.82) is 0 Å². The number of hydrogen-bond donors (Lipinski definition) is 1. The van der Waals surface area contributed by atoms with Crippen LogP contribution < -0.4 is 15.0 Å². The fourth-order valence-electron chi connectivity index (χ4n) is 3.91. The van der Waals surface area contributed by atoms with Crippen molar-refractivity contribution in [3.63, 3.8) is 0 Å². The minimum atomic E-state index is -0.325. The Morgan fingerprint density at radius 2 is 2.00 bits per heavy atom. The van der Waals surface area contributed by atoms with Gasteiger partial charge in [-0.05, 0) is 35.9 Å². The Balaban J connectivity index is 1.56. The Bertz CT molecular complexity index is 1090. The van der Waals surface area contributed by atoms with Gasteiger partial charge >= 0.3 is 6.09 Å². The zero-order chi connectivity index (χ0) is 22.7. The zero-order valence-electron chi connectivity index (χ0n) is 19.1. The number of alkyl carbamates (subject to hydrolysis) is 1. The molecule has 1 amide bonds. The standard InChI is InChI=1S/C24H30N4O3S/c1-15(2)13-25-24(29)31-17-9-11-28(12-10-17)22-20-16(3)14-32-23(20)27-21(26-22)18-7-5-6-8-19(18)30-4/h5-8,14-15,17H,9-13H2,1-4H3,(H,25,29). The summed E-state index contributed by atoms with van der Waals surface area (Å²) in [4.78, 5) is 25.1. The smallest absolute Gasteiger partial charge is 0.407 e. The summed E-state index contributed by atoms with van der Waals surface area (Å²) in [5, 5.41) is 6.06. The van der Waals surface area contributed by atoms with Gasteiger partial charge in [-0.2, -0.15) is 0 Å². The van der Waals surface area contributed by atoms with Crippen molar-refractivity contribution in [1.82, 2.24) is 15.3 Å². The average Bonchev–Trinajstić information content (AvgIpc) is 3.18. The number of carbonyl (C=O) groups is 1. The van der Waals surface area contributed by atoms with Crippen molar-refractivity contribution < 1.29 is 14.3 Å². The molecule has 1 aliphatic rings. The lowest BCUT2D eigenvalue weighted by atomic mass is 10.1. The molecule has 170 valence electrons. The predicted molar refractivity (Wildman–Crippen MR) is 129 cm³/mol. The van der Waals surface area contributed by atoms with Crippen LogP contribution in [0.3, 0.4) is 0 Å². The van der Waals surface area contributed by atoms with E-state index in [1.54, 1.807) is 18.4 Å². The zero-order valence-corrected chi connectivity index (χ0v) is 19.9. The highest BCUT2D eigenvalue weighted by atomic mass is 32.1. The van der Waals surface area contributed by atoms with E-state index in [0.717, 1.165) is 53.3 Å². The molecule has 1 fully saturated rings. The number of fused-ring (bicyclic) bond motifs is 1. The summed E-state index contributed by atoms with van der Waals surface area (Å²) in [5.74, 6) is 2.76. The molecule has 1 aromatic carbocycles. The van der Waals surface area contributed by atoms with Gasteiger partial charge in [0.05, 0.1) is 18.1 Å². The molecule has 3 aromatic rings. The SMILES string of the molecule is COc1ccccc1-c1nc(N2CCC(OC(=O)NCC(C)C)CC2)c2c(C)csc2n1. The lowest BCUT2D eigenvalue weighted by molar-refractivity contribution is 0.0825. The highest BCUT2D eigenvalue weighted by Gasteiger charge is 2.26. The van der Waals surface area contributed by atoms with E-state index >= 15 is 0 Å². The summed E-state index contributed by atoms with van der Waals surface area (Å²) in [6, 6.07) is 7.83. The van der Waals surface area contributed by atoms with Crippen molar-refractivity contribution in [3.8, 4) is 17.1 Å². The lowest BCUT2D eigenvalue weighted by Crippen LogP contribution is -2.40. The van der Waals surface area contributed by atoms with E-state index in [9.17, 15) is 4.79 Å². The summed E-state index contributed by atoms with van der Waals surface area (Å²) >= 11 is 1.63. The molecule has 0 aliphatic carbocycles. The molecule has 7 nitrogen and oxygen atoms in total. The van der Waals surface area contributed by atoms with Crippen LogP contribution in [0.2, 0.25) is 0 Å². The molecule has 2 aromatic heterocycles. The molecular weight excluding hydrogens is 424 g/mol. The number of hydrogen-bond acceptors (Lipinski definition) is 7. The largest absolute Gasteiger partial charge is 0.496 e. The third kappa shape index (κ3) is 4.80. The van der Waals surface area contributed by atoms with Crippen LogP contribution in [0, 0.1) is 12.8 Å². The van der Waals surface area contributed by atoms with Gasteiger partial charge in [0.15, 0.2) is 5.82 Å². The van der Waals surface area contributed by atoms with E-state index in [4.69, 9.17) is 19.4 Å². The maximum atomic E-state index is 12.0. The number of aryl methyl sites for hydroxylation is 1. The number of thiophene rings is 1. The summed E-state index contributed by atoms with van der Waals surface area (Å²) < 4.78 is 11.2. The van der Waals surface area contributed by atoms with Crippen molar-refractivity contribution in [3.05, 3.63) is 35.2 Å². The number of piperidine rings is 1. The van der Waals surface area contributed by atoms with E-state index in [0.29, 0.717) is 18.3 Å². The van der Waals surface area contributed by atoms with Crippen molar-refractivity contribution >= 4 is 33.5 Å². The van der Waals surface area contributed by atoms with Gasteiger partial charge in [-0.1, -0.05) is 26.0 Å². The number of para-hydroxylation sites is 1. The van der Waals surface area contributed by atoms with Gasteiger partial charge in [0.2, 0.25) is 0 Å². The number of rotatable bonds is 6. The summed E-state index contributed by atoms with van der Waals surface area (Å²) in [6.45, 7) is 8.40. The number of nitrogens with one attached hydrogen (secondary N) is 1. The van der Waals surface area contributed by atoms with E-state index in [-0.39, 0.29) is 12.2 Å². The summed E-state index contributed by atoms with van der Waals surface area (Å²) in [5.41, 5.74) is 2.06. The first-order valence-electron chi connectivity index (χ1n) is 11.0. The van der Waals surface area contributed by atoms with Gasteiger partial charge in [0.25, 0.3) is 0 Å². The lowest BCUT2D eigenvalue weighted by Gasteiger charge is -2.33. The second-order valence-corrected chi connectivity index (χ2v) is 9.39. The maximum Gasteiger partial charge on any atom is 0.407 e. The number of aromatic nitrogens is 2. The number of methoxy groups -OCH3 is 1. The third-order valence-electron chi connectivity index (χ3n) is 5.62. The first-order chi connectivity index (χ1) is 15.5. The van der Waals surface area contributed by atoms with Crippen LogP contribution >= 0.6 is 11.3 Å². The van der Waals surface area contributed by atoms with E-state index < -0.39 is 0 Å². The fourth-order valence-corrected chi connectivity index (χ4v) is 4.82. The molecule has 32 heavy (non-hydrogen) atoms. The number of carbonyl (C=O) groups excluding carboxylic acids is 1. The van der Waals surface area contributed by atoms with Gasteiger partial charge in [-0.15, -0.1) is 11.3 Å². The minimum absolute atomic E-state index is 0.0759. The monoisotopic (exact) mass is 454 g/mol. The van der Waals surface area contributed by atoms with Gasteiger partial charge in [-0.25, -0.2) is 14.8 Å². The maximum absolute atomic E-state index is 12.0. The van der Waals surface area contributed by atoms with Crippen LogP contribution in [0.1, 0.15) is 32.3 Å². The summed E-state index contributed by atoms with van der Waals surface area (Å²) in [7, 11) is 1.66. The third-order valence-corrected chi connectivity index (χ3v) is 6.61. The molecule has 4 rings (SSSR count). The molecule has 0 unspecified atom stereocenters. The molecule has 0 spiro atoms. The second kappa shape index (κ2) is 9.73. The Kier molecular flexibility index (Phi) is 6.79. The molecule has 0 radical (unpaired) electrons. The minimum Gasteiger partial charge on any atom is -0.496 e. The van der Waals surface area contributed by atoms with Crippen molar-refractivity contribution in [2.45, 2.75) is 39.7 Å². The van der Waals surface area contributed by atoms with Crippen LogP contribution in [0.5, 0.6) is 5.75 Å². The molecule has 0 bridgehead atoms. The number of amides is 1. The Hall–Kier alpha value is -2.87. The van der Waals surface area contributed by atoms with Gasteiger partial charge in [0, 0.05) is 32.5 Å². The predicted octanol–water partition coefficient (Wildman–Crippen LogP) is 5.03. The topological polar surface area (TPSA) is 76.6 Å². The molecule has 8 heteroatoms. The first kappa shape index (κ1) is 22.3. The molecule has 1 N–H and O–H groups in total. The molecule has 0 atom stereocenters. The van der Waals surface area contributed by atoms with Crippen LogP contribution in [0.15, 0.2) is 29.6 Å². The molecule has 0 saturated carbocycles. The normalized spacial score (nSPS) is 14.7. The van der Waals surface area contributed by atoms with Crippen molar-refractivity contribution in [2.24, 2.45) is 5.92 Å². The number of ether oxygens (including phenoxy) is 2. The number of benzene rings is 1. The average molecular weight is 455 g/mol. The highest BCUT2D eigenvalue weighted by Crippen LogP contribution is 2.37. The highest BCUT2D eigenvalue weighted by molar-refractivity contribution is 7.17. The number of nitrogens with zero attached hydrogens (tertiary/aromatic N) is 3. The molecule has 1 aliphatic heterocycles. The number of anilines is 1. The quantitative estimate of drug-likeness (QED) is 0.563. The van der Waals surface area contributed by atoms with Gasteiger partial charge in [0.1, 0.15) is 22.5 Å². The molecule has 3 heterocycles. The van der Waals surface area contributed by atoms with Gasteiger partial charge < -0.3 is 19.7 Å². The first-order valence-corrected chi connectivity index (χ1v) is 11.9. The fraction of sp³-hybridized carbons (Fsp3) is 0.458. The summed E-state index contributed by atoms with van der Waals surface area (Å²) in [6.07, 6.45) is 1.14. The van der Waals surface area contributed by atoms with E-state index in [2.05, 4.69) is 36.4 Å². The Labute approximate surface area is 192 Å². The van der Waals surface area contributed by atoms with Crippen LogP contribution in [0.25, 0.3) is 21.6 Å². The Morgan fingerprint density at radius 1 is 1.25 bits per heavy atom. The van der Waals surface area contributed by atoms with Gasteiger partial charge in [-0.3, -0.25) is 0 Å². The van der Waals surface area contributed by atoms with Crippen LogP contribution in [-0.2, 0) is 4.74 Å². The van der Waals surface area contributed by atoms with E-state index in [1.165, 1.54) is 5.56 Å². The van der Waals surface area contributed by atoms with Crippen molar-refractivity contribution in [2.75, 3.05) is 31.6 Å². The van der Waals surface area contributed by atoms with Crippen LogP contribution in [0.4, 0.5) is 10.6 Å². The molecular formula is C24H30N4O3S. The van der Waals surface area contributed by atoms with E-state index in [1.807, 2.05) is 24.3 Å². The second-order valence-electron chi connectivity index (χ2n) is 8.54.